The molecule has 0 bridgehead atoms. The van der Waals surface area contributed by atoms with Crippen molar-refractivity contribution in [1.29, 1.82) is 0 Å². The fourth-order valence-corrected chi connectivity index (χ4v) is 2.98. The predicted octanol–water partition coefficient (Wildman–Crippen LogP) is 3.36. The molecule has 0 fully saturated rings. The Balaban J connectivity index is 1.73. The Morgan fingerprint density at radius 2 is 1.68 bits per heavy atom. The summed E-state index contributed by atoms with van der Waals surface area (Å²) >= 11 is 0. The first-order chi connectivity index (χ1) is 12.3. The normalized spacial score (nSPS) is 13.5. The molecule has 0 aliphatic heterocycles. The lowest BCUT2D eigenvalue weighted by Gasteiger charge is -2.23. The van der Waals surface area contributed by atoms with Crippen molar-refractivity contribution in [3.8, 4) is 0 Å². The molecule has 0 aliphatic rings. The zero-order valence-electron chi connectivity index (χ0n) is 14.8. The van der Waals surface area contributed by atoms with Gasteiger partial charge in [-0.3, -0.25) is 4.68 Å². The van der Waals surface area contributed by atoms with Gasteiger partial charge in [0.15, 0.2) is 0 Å². The van der Waals surface area contributed by atoms with Crippen LogP contribution in [0, 0.1) is 0 Å². The molecule has 3 aromatic rings. The van der Waals surface area contributed by atoms with Gasteiger partial charge in [-0.2, -0.15) is 5.10 Å². The van der Waals surface area contributed by atoms with Gasteiger partial charge < -0.3 is 10.1 Å². The predicted molar refractivity (Wildman–Crippen MR) is 100 cm³/mol. The van der Waals surface area contributed by atoms with Crippen LogP contribution in [0.15, 0.2) is 72.9 Å². The molecule has 2 aromatic carbocycles. The average Bonchev–Trinajstić information content (AvgIpc) is 3.08. The van der Waals surface area contributed by atoms with Gasteiger partial charge in [0, 0.05) is 19.3 Å². The number of benzene rings is 2. The molecule has 3 rings (SSSR count). The van der Waals surface area contributed by atoms with Crippen LogP contribution >= 0.6 is 0 Å². The Morgan fingerprint density at radius 3 is 2.28 bits per heavy atom. The molecule has 0 aliphatic carbocycles. The second-order valence-electron chi connectivity index (χ2n) is 6.18. The lowest BCUT2D eigenvalue weighted by molar-refractivity contribution is 0.0589. The van der Waals surface area contributed by atoms with Crippen molar-refractivity contribution >= 4 is 0 Å². The van der Waals surface area contributed by atoms with E-state index in [4.69, 9.17) is 4.74 Å². The van der Waals surface area contributed by atoms with E-state index in [1.807, 2.05) is 55.3 Å². The summed E-state index contributed by atoms with van der Waals surface area (Å²) in [5.41, 5.74) is 3.50. The molecule has 25 heavy (non-hydrogen) atoms. The van der Waals surface area contributed by atoms with Crippen molar-refractivity contribution in [2.24, 2.45) is 7.05 Å². The number of rotatable bonds is 8. The Labute approximate surface area is 149 Å². The number of nitrogens with one attached hydrogen (secondary N) is 1. The largest absolute Gasteiger partial charge is 0.366 e. The lowest BCUT2D eigenvalue weighted by Crippen LogP contribution is -2.33. The Bertz CT molecular complexity index is 755. The first-order valence-electron chi connectivity index (χ1n) is 8.63. The fourth-order valence-electron chi connectivity index (χ4n) is 2.98. The quantitative estimate of drug-likeness (QED) is 0.686. The number of likely N-dealkylation sites (N-methyl/N-ethyl adjacent to an activating group) is 1. The zero-order valence-corrected chi connectivity index (χ0v) is 14.8. The van der Waals surface area contributed by atoms with Gasteiger partial charge in [-0.15, -0.1) is 0 Å². The Hall–Kier alpha value is -2.43. The van der Waals surface area contributed by atoms with Crippen LogP contribution < -0.4 is 5.32 Å². The average molecular weight is 335 g/mol. The van der Waals surface area contributed by atoms with Crippen LogP contribution in [0.25, 0.3) is 0 Å². The third kappa shape index (κ3) is 4.56. The molecule has 4 nitrogen and oxygen atoms in total. The van der Waals surface area contributed by atoms with E-state index in [1.165, 1.54) is 5.56 Å². The van der Waals surface area contributed by atoms with Gasteiger partial charge in [-0.05, 0) is 30.7 Å². The Morgan fingerprint density at radius 1 is 1.00 bits per heavy atom. The number of ether oxygens (including phenoxy) is 1. The lowest BCUT2D eigenvalue weighted by atomic mass is 10.1. The molecule has 0 radical (unpaired) electrons. The molecule has 1 heterocycles. The number of aromatic nitrogens is 2. The second-order valence-corrected chi connectivity index (χ2v) is 6.18. The summed E-state index contributed by atoms with van der Waals surface area (Å²) in [5.74, 6) is 0. The van der Waals surface area contributed by atoms with Crippen molar-refractivity contribution in [3.05, 3.63) is 89.7 Å². The standard InChI is InChI=1S/C21H25N3O/c1-22-19(15-17-9-5-3-6-10-17)16-25-21(18-11-7-4-8-12-18)20-13-14-23-24(20)2/h3-14,19,21-22H,15-16H2,1-2H3. The minimum Gasteiger partial charge on any atom is -0.366 e. The summed E-state index contributed by atoms with van der Waals surface area (Å²) in [5, 5.41) is 7.67. The second kappa shape index (κ2) is 8.60. The van der Waals surface area contributed by atoms with Gasteiger partial charge in [0.2, 0.25) is 0 Å². The molecule has 130 valence electrons. The van der Waals surface area contributed by atoms with Crippen molar-refractivity contribution < 1.29 is 4.74 Å². The zero-order chi connectivity index (χ0) is 17.5. The van der Waals surface area contributed by atoms with Crippen molar-refractivity contribution in [3.63, 3.8) is 0 Å². The smallest absolute Gasteiger partial charge is 0.124 e. The number of aryl methyl sites for hydroxylation is 1. The highest BCUT2D eigenvalue weighted by Crippen LogP contribution is 2.25. The third-order valence-electron chi connectivity index (χ3n) is 4.43. The van der Waals surface area contributed by atoms with E-state index in [0.717, 1.165) is 17.7 Å². The van der Waals surface area contributed by atoms with E-state index in [1.54, 1.807) is 0 Å². The van der Waals surface area contributed by atoms with Crippen LogP contribution in [0.3, 0.4) is 0 Å². The van der Waals surface area contributed by atoms with E-state index >= 15 is 0 Å². The molecule has 2 atom stereocenters. The van der Waals surface area contributed by atoms with E-state index in [2.05, 4.69) is 46.8 Å². The third-order valence-corrected chi connectivity index (χ3v) is 4.43. The number of nitrogens with zero attached hydrogens (tertiary/aromatic N) is 2. The SMILES string of the molecule is CNC(COC(c1ccccc1)c1ccnn1C)Cc1ccccc1. The minimum absolute atomic E-state index is 0.125. The summed E-state index contributed by atoms with van der Waals surface area (Å²) in [6.45, 7) is 0.621. The van der Waals surface area contributed by atoms with Crippen LogP contribution in [0.5, 0.6) is 0 Å². The van der Waals surface area contributed by atoms with E-state index in [-0.39, 0.29) is 12.1 Å². The van der Waals surface area contributed by atoms with Crippen molar-refractivity contribution in [2.75, 3.05) is 13.7 Å². The van der Waals surface area contributed by atoms with Gasteiger partial charge in [0.25, 0.3) is 0 Å². The van der Waals surface area contributed by atoms with Gasteiger partial charge in [0.05, 0.1) is 12.3 Å². The van der Waals surface area contributed by atoms with Crippen LogP contribution in [-0.2, 0) is 18.2 Å². The topological polar surface area (TPSA) is 39.1 Å². The fraction of sp³-hybridized carbons (Fsp3) is 0.286. The molecule has 0 amide bonds. The van der Waals surface area contributed by atoms with Gasteiger partial charge >= 0.3 is 0 Å². The first-order valence-corrected chi connectivity index (χ1v) is 8.63. The maximum atomic E-state index is 6.36. The van der Waals surface area contributed by atoms with Gasteiger partial charge in [-0.1, -0.05) is 60.7 Å². The summed E-state index contributed by atoms with van der Waals surface area (Å²) in [7, 11) is 3.94. The molecule has 1 aromatic heterocycles. The molecule has 0 saturated carbocycles. The van der Waals surface area contributed by atoms with Crippen LogP contribution in [-0.4, -0.2) is 29.5 Å². The molecule has 1 N–H and O–H groups in total. The van der Waals surface area contributed by atoms with Crippen molar-refractivity contribution in [1.82, 2.24) is 15.1 Å². The molecule has 2 unspecified atom stereocenters. The number of hydrogen-bond acceptors (Lipinski definition) is 3. The highest BCUT2D eigenvalue weighted by atomic mass is 16.5. The van der Waals surface area contributed by atoms with Crippen LogP contribution in [0.2, 0.25) is 0 Å². The Kier molecular flexibility index (Phi) is 5.99. The summed E-state index contributed by atoms with van der Waals surface area (Å²) in [6, 6.07) is 23.1. The molecule has 4 heteroatoms. The number of hydrogen-bond donors (Lipinski definition) is 1. The highest BCUT2D eigenvalue weighted by molar-refractivity contribution is 5.25. The van der Waals surface area contributed by atoms with Crippen LogP contribution in [0.1, 0.15) is 22.9 Å². The molecular formula is C21H25N3O. The van der Waals surface area contributed by atoms with Crippen molar-refractivity contribution in [2.45, 2.75) is 18.6 Å². The summed E-state index contributed by atoms with van der Waals surface area (Å²) in [6.07, 6.45) is 2.62. The maximum absolute atomic E-state index is 6.36. The minimum atomic E-state index is -0.125. The van der Waals surface area contributed by atoms with E-state index in [0.29, 0.717) is 6.61 Å². The van der Waals surface area contributed by atoms with E-state index in [9.17, 15) is 0 Å². The first kappa shape index (κ1) is 17.4. The molecular weight excluding hydrogens is 310 g/mol. The van der Waals surface area contributed by atoms with Gasteiger partial charge in [-0.25, -0.2) is 0 Å². The monoisotopic (exact) mass is 335 g/mol. The summed E-state index contributed by atoms with van der Waals surface area (Å²) < 4.78 is 8.23. The molecule has 0 saturated heterocycles. The molecule has 0 spiro atoms. The van der Waals surface area contributed by atoms with E-state index < -0.39 is 0 Å². The van der Waals surface area contributed by atoms with Crippen LogP contribution in [0.4, 0.5) is 0 Å². The summed E-state index contributed by atoms with van der Waals surface area (Å²) in [4.78, 5) is 0. The van der Waals surface area contributed by atoms with Gasteiger partial charge in [0.1, 0.15) is 6.10 Å². The highest BCUT2D eigenvalue weighted by Gasteiger charge is 2.20. The maximum Gasteiger partial charge on any atom is 0.124 e.